The monoisotopic (exact) mass is 466 g/mol. The van der Waals surface area contributed by atoms with Gasteiger partial charge in [0.05, 0.1) is 0 Å². The summed E-state index contributed by atoms with van der Waals surface area (Å²) >= 11 is 5.97. The molecule has 1 amide bonds. The number of nitrogens with zero attached hydrogens (tertiary/aromatic N) is 4. The summed E-state index contributed by atoms with van der Waals surface area (Å²) in [6, 6.07) is 13.0. The van der Waals surface area contributed by atoms with Crippen LogP contribution >= 0.6 is 11.6 Å². The van der Waals surface area contributed by atoms with Crippen LogP contribution in [-0.2, 0) is 17.8 Å². The van der Waals surface area contributed by atoms with Crippen LogP contribution in [0.25, 0.3) is 0 Å². The van der Waals surface area contributed by atoms with Gasteiger partial charge in [-0.05, 0) is 49.1 Å². The molecule has 1 atom stereocenters. The first kappa shape index (κ1) is 22.7. The molecule has 1 aliphatic rings. The summed E-state index contributed by atoms with van der Waals surface area (Å²) in [6.07, 6.45) is 5.16. The SMILES string of the molecule is O=C1NCCCCC1Nc1nc(NCCc2ccccn2)nc(NCc2ccc(Cl)cc2)n1. The van der Waals surface area contributed by atoms with Gasteiger partial charge in [0.2, 0.25) is 23.8 Å². The lowest BCUT2D eigenvalue weighted by atomic mass is 10.1. The molecule has 1 aromatic carbocycles. The Bertz CT molecular complexity index is 1050. The molecular formula is C23H27ClN8O. The molecule has 3 heterocycles. The molecule has 1 aliphatic heterocycles. The fourth-order valence-electron chi connectivity index (χ4n) is 3.46. The minimum Gasteiger partial charge on any atom is -0.354 e. The Balaban J connectivity index is 1.47. The molecule has 2 aromatic heterocycles. The van der Waals surface area contributed by atoms with Crippen LogP contribution in [0, 0.1) is 0 Å². The van der Waals surface area contributed by atoms with Gasteiger partial charge in [-0.25, -0.2) is 0 Å². The van der Waals surface area contributed by atoms with E-state index in [1.165, 1.54) is 0 Å². The van der Waals surface area contributed by atoms with Gasteiger partial charge in [0, 0.05) is 43.0 Å². The van der Waals surface area contributed by atoms with Crippen molar-refractivity contribution in [1.82, 2.24) is 25.3 Å². The van der Waals surface area contributed by atoms with Gasteiger partial charge in [-0.3, -0.25) is 9.78 Å². The summed E-state index contributed by atoms with van der Waals surface area (Å²) in [7, 11) is 0. The number of rotatable bonds is 9. The number of carbonyl (C=O) groups is 1. The Kier molecular flexibility index (Phi) is 7.86. The Labute approximate surface area is 197 Å². The van der Waals surface area contributed by atoms with Gasteiger partial charge in [0.25, 0.3) is 0 Å². The summed E-state index contributed by atoms with van der Waals surface area (Å²) in [6.45, 7) is 1.83. The molecule has 1 saturated heterocycles. The summed E-state index contributed by atoms with van der Waals surface area (Å²) in [5.74, 6) is 1.16. The van der Waals surface area contributed by atoms with E-state index in [0.717, 1.165) is 36.9 Å². The molecule has 33 heavy (non-hydrogen) atoms. The second kappa shape index (κ2) is 11.4. The number of carbonyl (C=O) groups excluding carboxylic acids is 1. The van der Waals surface area contributed by atoms with Crippen LogP contribution in [-0.4, -0.2) is 45.0 Å². The Morgan fingerprint density at radius 3 is 2.55 bits per heavy atom. The maximum Gasteiger partial charge on any atom is 0.242 e. The smallest absolute Gasteiger partial charge is 0.242 e. The second-order valence-electron chi connectivity index (χ2n) is 7.77. The van der Waals surface area contributed by atoms with E-state index in [9.17, 15) is 4.79 Å². The van der Waals surface area contributed by atoms with E-state index in [1.807, 2.05) is 42.5 Å². The second-order valence-corrected chi connectivity index (χ2v) is 8.20. The molecular weight excluding hydrogens is 440 g/mol. The van der Waals surface area contributed by atoms with Crippen LogP contribution in [0.3, 0.4) is 0 Å². The van der Waals surface area contributed by atoms with Crippen LogP contribution in [0.2, 0.25) is 5.02 Å². The number of halogens is 1. The van der Waals surface area contributed by atoms with Crippen molar-refractivity contribution in [3.8, 4) is 0 Å². The highest BCUT2D eigenvalue weighted by Gasteiger charge is 2.22. The van der Waals surface area contributed by atoms with Gasteiger partial charge in [-0.15, -0.1) is 0 Å². The fraction of sp³-hybridized carbons (Fsp3) is 0.348. The quantitative estimate of drug-likeness (QED) is 0.379. The number of hydrogen-bond acceptors (Lipinski definition) is 8. The first-order valence-electron chi connectivity index (χ1n) is 11.1. The molecule has 4 N–H and O–H groups in total. The van der Waals surface area contributed by atoms with Gasteiger partial charge >= 0.3 is 0 Å². The highest BCUT2D eigenvalue weighted by molar-refractivity contribution is 6.30. The Morgan fingerprint density at radius 2 is 1.76 bits per heavy atom. The van der Waals surface area contributed by atoms with Crippen molar-refractivity contribution in [3.05, 3.63) is 64.9 Å². The number of aromatic nitrogens is 4. The van der Waals surface area contributed by atoms with Crippen molar-refractivity contribution in [2.24, 2.45) is 0 Å². The van der Waals surface area contributed by atoms with Gasteiger partial charge < -0.3 is 21.3 Å². The molecule has 0 spiro atoms. The summed E-state index contributed by atoms with van der Waals surface area (Å²) in [4.78, 5) is 30.2. The third kappa shape index (κ3) is 7.01. The molecule has 172 valence electrons. The third-order valence-electron chi connectivity index (χ3n) is 5.23. The molecule has 9 nitrogen and oxygen atoms in total. The van der Waals surface area contributed by atoms with E-state index in [0.29, 0.717) is 42.5 Å². The Morgan fingerprint density at radius 1 is 0.970 bits per heavy atom. The van der Waals surface area contributed by atoms with Crippen molar-refractivity contribution >= 4 is 35.4 Å². The van der Waals surface area contributed by atoms with Gasteiger partial charge in [0.1, 0.15) is 6.04 Å². The normalized spacial score (nSPS) is 15.9. The summed E-state index contributed by atoms with van der Waals surface area (Å²) in [5.41, 5.74) is 2.02. The fourth-order valence-corrected chi connectivity index (χ4v) is 3.59. The lowest BCUT2D eigenvalue weighted by molar-refractivity contribution is -0.121. The molecule has 1 unspecified atom stereocenters. The third-order valence-corrected chi connectivity index (χ3v) is 5.48. The van der Waals surface area contributed by atoms with Crippen LogP contribution in [0.15, 0.2) is 48.7 Å². The molecule has 0 saturated carbocycles. The van der Waals surface area contributed by atoms with E-state index in [-0.39, 0.29) is 11.9 Å². The molecule has 1 fully saturated rings. The lowest BCUT2D eigenvalue weighted by Crippen LogP contribution is -2.38. The summed E-state index contributed by atoms with van der Waals surface area (Å²) in [5, 5.41) is 13.3. The predicted octanol–water partition coefficient (Wildman–Crippen LogP) is 3.27. The highest BCUT2D eigenvalue weighted by atomic mass is 35.5. The van der Waals surface area contributed by atoms with E-state index < -0.39 is 0 Å². The Hall–Kier alpha value is -3.46. The van der Waals surface area contributed by atoms with Crippen molar-refractivity contribution in [2.75, 3.05) is 29.0 Å². The average molecular weight is 467 g/mol. The van der Waals surface area contributed by atoms with E-state index in [2.05, 4.69) is 41.2 Å². The van der Waals surface area contributed by atoms with Crippen LogP contribution in [0.1, 0.15) is 30.5 Å². The van der Waals surface area contributed by atoms with Gasteiger partial charge in [0.15, 0.2) is 0 Å². The number of pyridine rings is 1. The number of anilines is 3. The molecule has 0 bridgehead atoms. The standard InChI is InChI=1S/C23H27ClN8O/c24-17-9-7-16(8-10-17)15-28-22-30-21(27-14-11-18-5-1-3-12-25-18)31-23(32-22)29-19-6-2-4-13-26-20(19)33/h1,3,5,7-10,12,19H,2,4,6,11,13-15H2,(H,26,33)(H3,27,28,29,30,31,32). The molecule has 0 aliphatic carbocycles. The van der Waals surface area contributed by atoms with Crippen LogP contribution < -0.4 is 21.3 Å². The van der Waals surface area contributed by atoms with E-state index in [1.54, 1.807) is 6.20 Å². The lowest BCUT2D eigenvalue weighted by Gasteiger charge is -2.16. The van der Waals surface area contributed by atoms with Crippen LogP contribution in [0.4, 0.5) is 17.8 Å². The number of benzene rings is 1. The molecule has 4 rings (SSSR count). The van der Waals surface area contributed by atoms with Crippen molar-refractivity contribution in [3.63, 3.8) is 0 Å². The topological polar surface area (TPSA) is 117 Å². The zero-order valence-electron chi connectivity index (χ0n) is 18.2. The largest absolute Gasteiger partial charge is 0.354 e. The zero-order chi connectivity index (χ0) is 22.9. The number of hydrogen-bond donors (Lipinski definition) is 4. The van der Waals surface area contributed by atoms with Crippen molar-refractivity contribution < 1.29 is 4.79 Å². The zero-order valence-corrected chi connectivity index (χ0v) is 19.0. The predicted molar refractivity (Wildman–Crippen MR) is 129 cm³/mol. The van der Waals surface area contributed by atoms with Crippen molar-refractivity contribution in [1.29, 1.82) is 0 Å². The van der Waals surface area contributed by atoms with Gasteiger partial charge in [-0.2, -0.15) is 15.0 Å². The maximum absolute atomic E-state index is 12.4. The van der Waals surface area contributed by atoms with Crippen LogP contribution in [0.5, 0.6) is 0 Å². The van der Waals surface area contributed by atoms with E-state index in [4.69, 9.17) is 11.6 Å². The highest BCUT2D eigenvalue weighted by Crippen LogP contribution is 2.16. The maximum atomic E-state index is 12.4. The molecule has 0 radical (unpaired) electrons. The minimum atomic E-state index is -0.375. The first-order chi connectivity index (χ1) is 16.2. The molecule has 10 heteroatoms. The van der Waals surface area contributed by atoms with Gasteiger partial charge in [-0.1, -0.05) is 29.8 Å². The molecule has 3 aromatic rings. The average Bonchev–Trinajstić information content (AvgIpc) is 3.03. The van der Waals surface area contributed by atoms with E-state index >= 15 is 0 Å². The van der Waals surface area contributed by atoms with Crippen molar-refractivity contribution in [2.45, 2.75) is 38.3 Å². The number of amides is 1. The summed E-state index contributed by atoms with van der Waals surface area (Å²) < 4.78 is 0. The number of nitrogens with one attached hydrogen (secondary N) is 4. The minimum absolute atomic E-state index is 0.0340. The first-order valence-corrected chi connectivity index (χ1v) is 11.5.